The van der Waals surface area contributed by atoms with Crippen molar-refractivity contribution in [2.45, 2.75) is 31.1 Å². The van der Waals surface area contributed by atoms with Gasteiger partial charge in [0.15, 0.2) is 0 Å². The second-order valence-corrected chi connectivity index (χ2v) is 5.11. The van der Waals surface area contributed by atoms with Crippen LogP contribution in [0, 0.1) is 0 Å². The van der Waals surface area contributed by atoms with E-state index in [0.29, 0.717) is 0 Å². The van der Waals surface area contributed by atoms with Crippen LogP contribution < -0.4 is 0 Å². The molecule has 0 amide bonds. The Kier molecular flexibility index (Phi) is 2.85. The predicted octanol–water partition coefficient (Wildman–Crippen LogP) is 2.77. The summed E-state index contributed by atoms with van der Waals surface area (Å²) in [7, 11) is 0. The van der Waals surface area contributed by atoms with Crippen molar-refractivity contribution in [3.8, 4) is 5.69 Å². The van der Waals surface area contributed by atoms with Gasteiger partial charge in [-0.2, -0.15) is 0 Å². The second-order valence-electron chi connectivity index (χ2n) is 5.11. The third kappa shape index (κ3) is 1.93. The number of carboxylic acids is 1. The van der Waals surface area contributed by atoms with Crippen LogP contribution in [0.4, 0.5) is 0 Å². The highest BCUT2D eigenvalue weighted by atomic mass is 16.4. The molecular weight excluding hydrogens is 240 g/mol. The van der Waals surface area contributed by atoms with Crippen LogP contribution in [0.15, 0.2) is 43.0 Å². The zero-order chi connectivity index (χ0) is 13.3. The van der Waals surface area contributed by atoms with E-state index >= 15 is 0 Å². The molecule has 2 aromatic rings. The Labute approximate surface area is 111 Å². The first-order valence-corrected chi connectivity index (χ1v) is 6.55. The largest absolute Gasteiger partial charge is 0.481 e. The van der Waals surface area contributed by atoms with Crippen LogP contribution in [-0.4, -0.2) is 20.6 Å². The molecule has 1 aliphatic carbocycles. The highest BCUT2D eigenvalue weighted by Crippen LogP contribution is 2.41. The maximum absolute atomic E-state index is 11.7. The number of hydrogen-bond donors (Lipinski definition) is 1. The molecule has 0 radical (unpaired) electrons. The lowest BCUT2D eigenvalue weighted by atomic mass is 9.79. The molecule has 1 heterocycles. The number of nitrogens with zero attached hydrogens (tertiary/aromatic N) is 2. The van der Waals surface area contributed by atoms with Gasteiger partial charge in [0.25, 0.3) is 0 Å². The summed E-state index contributed by atoms with van der Waals surface area (Å²) in [4.78, 5) is 15.7. The molecule has 0 spiro atoms. The molecule has 1 saturated carbocycles. The minimum atomic E-state index is -0.701. The van der Waals surface area contributed by atoms with Crippen molar-refractivity contribution < 1.29 is 9.90 Å². The summed E-state index contributed by atoms with van der Waals surface area (Å²) < 4.78 is 1.90. The topological polar surface area (TPSA) is 55.1 Å². The zero-order valence-electron chi connectivity index (χ0n) is 10.6. The fourth-order valence-electron chi connectivity index (χ4n) is 2.98. The van der Waals surface area contributed by atoms with Gasteiger partial charge in [-0.05, 0) is 30.5 Å². The predicted molar refractivity (Wildman–Crippen MR) is 71.3 cm³/mol. The van der Waals surface area contributed by atoms with E-state index in [0.717, 1.165) is 36.9 Å². The van der Waals surface area contributed by atoms with Crippen LogP contribution in [0.5, 0.6) is 0 Å². The molecule has 0 atom stereocenters. The molecule has 3 rings (SSSR count). The van der Waals surface area contributed by atoms with E-state index in [4.69, 9.17) is 0 Å². The molecule has 4 nitrogen and oxygen atoms in total. The average molecular weight is 256 g/mol. The molecule has 0 bridgehead atoms. The van der Waals surface area contributed by atoms with Gasteiger partial charge >= 0.3 is 5.97 Å². The summed E-state index contributed by atoms with van der Waals surface area (Å²) in [5, 5.41) is 9.62. The molecule has 1 aromatic heterocycles. The molecule has 98 valence electrons. The number of benzene rings is 1. The smallest absolute Gasteiger partial charge is 0.314 e. The van der Waals surface area contributed by atoms with Gasteiger partial charge < -0.3 is 9.67 Å². The van der Waals surface area contributed by atoms with E-state index < -0.39 is 11.4 Å². The Hall–Kier alpha value is -2.10. The first-order valence-electron chi connectivity index (χ1n) is 6.55. The van der Waals surface area contributed by atoms with E-state index in [9.17, 15) is 9.90 Å². The van der Waals surface area contributed by atoms with Gasteiger partial charge in [0.2, 0.25) is 0 Å². The molecular formula is C15H16N2O2. The van der Waals surface area contributed by atoms with Crippen molar-refractivity contribution in [1.82, 2.24) is 9.55 Å². The van der Waals surface area contributed by atoms with Crippen LogP contribution in [0.3, 0.4) is 0 Å². The third-order valence-electron chi connectivity index (χ3n) is 4.07. The fraction of sp³-hybridized carbons (Fsp3) is 0.333. The van der Waals surface area contributed by atoms with E-state index in [1.54, 1.807) is 12.5 Å². The summed E-state index contributed by atoms with van der Waals surface area (Å²) in [6, 6.07) is 7.80. The summed E-state index contributed by atoms with van der Waals surface area (Å²) in [5.74, 6) is -0.701. The Balaban J connectivity index is 2.05. The highest BCUT2D eigenvalue weighted by molar-refractivity contribution is 5.82. The Bertz CT molecular complexity index is 584. The normalized spacial score (nSPS) is 17.5. The van der Waals surface area contributed by atoms with Crippen molar-refractivity contribution in [2.24, 2.45) is 0 Å². The molecule has 1 N–H and O–H groups in total. The minimum absolute atomic E-state index is 0.698. The molecule has 4 heteroatoms. The second kappa shape index (κ2) is 4.53. The summed E-state index contributed by atoms with van der Waals surface area (Å²) in [5.41, 5.74) is 1.17. The van der Waals surface area contributed by atoms with Crippen LogP contribution in [0.2, 0.25) is 0 Å². The standard InChI is InChI=1S/C15H16N2O2/c18-14(19)15(6-1-2-7-15)12-4-3-5-13(10-12)17-9-8-16-11-17/h3-5,8-11H,1-2,6-7H2,(H,18,19). The number of imidazole rings is 1. The Morgan fingerprint density at radius 2 is 2.11 bits per heavy atom. The lowest BCUT2D eigenvalue weighted by Crippen LogP contribution is -2.32. The van der Waals surface area contributed by atoms with Gasteiger partial charge in [-0.15, -0.1) is 0 Å². The molecule has 0 saturated heterocycles. The van der Waals surface area contributed by atoms with E-state index in [1.807, 2.05) is 35.0 Å². The van der Waals surface area contributed by atoms with Gasteiger partial charge in [0.05, 0.1) is 11.7 Å². The number of carbonyl (C=O) groups is 1. The monoisotopic (exact) mass is 256 g/mol. The fourth-order valence-corrected chi connectivity index (χ4v) is 2.98. The first-order chi connectivity index (χ1) is 9.22. The number of aromatic nitrogens is 2. The maximum atomic E-state index is 11.7. The Morgan fingerprint density at radius 3 is 2.74 bits per heavy atom. The highest BCUT2D eigenvalue weighted by Gasteiger charge is 2.42. The van der Waals surface area contributed by atoms with E-state index in [2.05, 4.69) is 4.98 Å². The van der Waals surface area contributed by atoms with Gasteiger partial charge in [0.1, 0.15) is 0 Å². The SMILES string of the molecule is O=C(O)C1(c2cccc(-n3ccnc3)c2)CCCC1. The Morgan fingerprint density at radius 1 is 1.32 bits per heavy atom. The maximum Gasteiger partial charge on any atom is 0.314 e. The van der Waals surface area contributed by atoms with Crippen LogP contribution >= 0.6 is 0 Å². The minimum Gasteiger partial charge on any atom is -0.481 e. The van der Waals surface area contributed by atoms with E-state index in [1.165, 1.54) is 0 Å². The number of rotatable bonds is 3. The van der Waals surface area contributed by atoms with Crippen LogP contribution in [0.25, 0.3) is 5.69 Å². The molecule has 19 heavy (non-hydrogen) atoms. The van der Waals surface area contributed by atoms with Crippen LogP contribution in [-0.2, 0) is 10.2 Å². The first kappa shape index (κ1) is 12.0. The number of carboxylic acid groups (broad SMARTS) is 1. The molecule has 1 fully saturated rings. The summed E-state index contributed by atoms with van der Waals surface area (Å²) >= 11 is 0. The van der Waals surface area contributed by atoms with Crippen molar-refractivity contribution in [1.29, 1.82) is 0 Å². The van der Waals surface area contributed by atoms with Gasteiger partial charge in [-0.25, -0.2) is 4.98 Å². The summed E-state index contributed by atoms with van der Waals surface area (Å²) in [6.07, 6.45) is 8.74. The van der Waals surface area contributed by atoms with Crippen molar-refractivity contribution in [2.75, 3.05) is 0 Å². The van der Waals surface area contributed by atoms with Crippen molar-refractivity contribution >= 4 is 5.97 Å². The number of hydrogen-bond acceptors (Lipinski definition) is 2. The average Bonchev–Trinajstić information content (AvgIpc) is 3.11. The molecule has 0 aliphatic heterocycles. The molecule has 1 aliphatic rings. The summed E-state index contributed by atoms with van der Waals surface area (Å²) in [6.45, 7) is 0. The quantitative estimate of drug-likeness (QED) is 0.918. The number of aliphatic carboxylic acids is 1. The van der Waals surface area contributed by atoms with Gasteiger partial charge in [-0.1, -0.05) is 25.0 Å². The van der Waals surface area contributed by atoms with E-state index in [-0.39, 0.29) is 0 Å². The van der Waals surface area contributed by atoms with Gasteiger partial charge in [-0.3, -0.25) is 4.79 Å². The molecule has 0 unspecified atom stereocenters. The lowest BCUT2D eigenvalue weighted by molar-refractivity contribution is -0.143. The van der Waals surface area contributed by atoms with Crippen molar-refractivity contribution in [3.63, 3.8) is 0 Å². The van der Waals surface area contributed by atoms with Gasteiger partial charge in [0, 0.05) is 18.1 Å². The van der Waals surface area contributed by atoms with Crippen LogP contribution in [0.1, 0.15) is 31.2 Å². The lowest BCUT2D eigenvalue weighted by Gasteiger charge is -2.24. The third-order valence-corrected chi connectivity index (χ3v) is 4.07. The van der Waals surface area contributed by atoms with Crippen molar-refractivity contribution in [3.05, 3.63) is 48.5 Å². The molecule has 1 aromatic carbocycles. The zero-order valence-corrected chi connectivity index (χ0v) is 10.6.